The summed E-state index contributed by atoms with van der Waals surface area (Å²) in [5, 5.41) is 3.36. The van der Waals surface area contributed by atoms with Crippen molar-refractivity contribution < 1.29 is 0 Å². The van der Waals surface area contributed by atoms with E-state index in [1.54, 1.807) is 0 Å². The second-order valence-corrected chi connectivity index (χ2v) is 6.25. The largest absolute Gasteiger partial charge is 0.388 e. The minimum Gasteiger partial charge on any atom is -0.388 e. The third kappa shape index (κ3) is 3.88. The number of nitrogens with one attached hydrogen (secondary N) is 1. The normalized spacial score (nSPS) is 18.0. The van der Waals surface area contributed by atoms with Crippen LogP contribution >= 0.6 is 0 Å². The van der Waals surface area contributed by atoms with E-state index in [-0.39, 0.29) is 0 Å². The van der Waals surface area contributed by atoms with E-state index >= 15 is 0 Å². The minimum absolute atomic E-state index is 0.945. The van der Waals surface area contributed by atoms with Gasteiger partial charge in [0.1, 0.15) is 0 Å². The molecule has 0 aromatic heterocycles. The second kappa shape index (κ2) is 7.87. The van der Waals surface area contributed by atoms with Crippen molar-refractivity contribution in [3.8, 4) is 0 Å². The average molecular weight is 318 g/mol. The molecule has 1 aromatic rings. The predicted molar refractivity (Wildman–Crippen MR) is 103 cm³/mol. The highest BCUT2D eigenvalue weighted by Gasteiger charge is 2.16. The molecule has 1 aliphatic heterocycles. The lowest BCUT2D eigenvalue weighted by atomic mass is 10.0. The van der Waals surface area contributed by atoms with Gasteiger partial charge in [-0.1, -0.05) is 61.2 Å². The van der Waals surface area contributed by atoms with Crippen molar-refractivity contribution in [1.82, 2.24) is 10.2 Å². The van der Waals surface area contributed by atoms with Gasteiger partial charge in [-0.15, -0.1) is 0 Å². The summed E-state index contributed by atoms with van der Waals surface area (Å²) in [7, 11) is 1.99. The molecule has 1 saturated heterocycles. The zero-order chi connectivity index (χ0) is 16.8. The Bertz CT molecular complexity index is 699. The molecule has 0 spiro atoms. The van der Waals surface area contributed by atoms with Crippen molar-refractivity contribution in [3.05, 3.63) is 89.3 Å². The van der Waals surface area contributed by atoms with Crippen LogP contribution in [0.25, 0.3) is 6.08 Å². The topological polar surface area (TPSA) is 15.3 Å². The van der Waals surface area contributed by atoms with Gasteiger partial charge in [-0.2, -0.15) is 0 Å². The first-order valence-corrected chi connectivity index (χ1v) is 8.75. The maximum absolute atomic E-state index is 4.28. The number of benzene rings is 1. The van der Waals surface area contributed by atoms with Gasteiger partial charge in [-0.25, -0.2) is 0 Å². The van der Waals surface area contributed by atoms with E-state index in [2.05, 4.69) is 71.4 Å². The molecule has 0 unspecified atom stereocenters. The molecule has 24 heavy (non-hydrogen) atoms. The van der Waals surface area contributed by atoms with Crippen molar-refractivity contribution >= 4 is 6.08 Å². The first-order chi connectivity index (χ1) is 11.8. The van der Waals surface area contributed by atoms with Crippen molar-refractivity contribution in [2.45, 2.75) is 19.3 Å². The van der Waals surface area contributed by atoms with E-state index in [1.165, 1.54) is 42.8 Å². The Morgan fingerprint density at radius 2 is 1.88 bits per heavy atom. The van der Waals surface area contributed by atoms with Crippen LogP contribution in [0.4, 0.5) is 0 Å². The molecule has 3 rings (SSSR count). The predicted octanol–water partition coefficient (Wildman–Crippen LogP) is 4.67. The lowest BCUT2D eigenvalue weighted by Gasteiger charge is -2.20. The zero-order valence-electron chi connectivity index (χ0n) is 14.5. The number of allylic oxidation sites excluding steroid dienone is 5. The Hall–Kier alpha value is -2.48. The summed E-state index contributed by atoms with van der Waals surface area (Å²) in [5.74, 6) is 0. The molecule has 0 atom stereocenters. The fourth-order valence-corrected chi connectivity index (χ4v) is 3.25. The molecule has 2 nitrogen and oxygen atoms in total. The molecule has 1 heterocycles. The molecule has 0 saturated carbocycles. The average Bonchev–Trinajstić information content (AvgIpc) is 3.07. The van der Waals surface area contributed by atoms with Gasteiger partial charge in [0.05, 0.1) is 0 Å². The molecule has 2 heteroatoms. The van der Waals surface area contributed by atoms with Crippen molar-refractivity contribution in [3.63, 3.8) is 0 Å². The highest BCUT2D eigenvalue weighted by Crippen LogP contribution is 2.26. The smallest absolute Gasteiger partial charge is 0.0434 e. The van der Waals surface area contributed by atoms with Gasteiger partial charge >= 0.3 is 0 Å². The maximum Gasteiger partial charge on any atom is 0.0434 e. The molecule has 0 bridgehead atoms. The maximum atomic E-state index is 4.28. The summed E-state index contributed by atoms with van der Waals surface area (Å²) in [5.41, 5.74) is 5.90. The van der Waals surface area contributed by atoms with Crippen LogP contribution in [-0.2, 0) is 0 Å². The lowest BCUT2D eigenvalue weighted by molar-refractivity contribution is 0.438. The molecule has 1 aromatic carbocycles. The summed E-state index contributed by atoms with van der Waals surface area (Å²) in [6.07, 6.45) is 14.6. The Kier molecular flexibility index (Phi) is 5.37. The Labute approximate surface area is 145 Å². The van der Waals surface area contributed by atoms with E-state index in [4.69, 9.17) is 0 Å². The molecule has 1 aliphatic carbocycles. The van der Waals surface area contributed by atoms with Crippen LogP contribution < -0.4 is 5.32 Å². The summed E-state index contributed by atoms with van der Waals surface area (Å²) < 4.78 is 0. The summed E-state index contributed by atoms with van der Waals surface area (Å²) in [4.78, 5) is 2.48. The van der Waals surface area contributed by atoms with Crippen LogP contribution in [0.5, 0.6) is 0 Å². The number of hydrogen-bond donors (Lipinski definition) is 1. The third-order valence-corrected chi connectivity index (χ3v) is 4.59. The van der Waals surface area contributed by atoms with Gasteiger partial charge in [-0.3, -0.25) is 0 Å². The van der Waals surface area contributed by atoms with Gasteiger partial charge in [0, 0.05) is 37.1 Å². The molecule has 124 valence electrons. The van der Waals surface area contributed by atoms with E-state index in [0.29, 0.717) is 0 Å². The van der Waals surface area contributed by atoms with Gasteiger partial charge in [-0.05, 0) is 36.5 Å². The minimum atomic E-state index is 0.945. The third-order valence-electron chi connectivity index (χ3n) is 4.59. The van der Waals surface area contributed by atoms with Crippen LogP contribution in [0, 0.1) is 0 Å². The Morgan fingerprint density at radius 3 is 2.58 bits per heavy atom. The molecule has 2 aliphatic rings. The number of nitrogens with zero attached hydrogens (tertiary/aromatic N) is 1. The fraction of sp³-hybridized carbons (Fsp3) is 0.273. The van der Waals surface area contributed by atoms with Crippen molar-refractivity contribution in [2.75, 3.05) is 20.1 Å². The Morgan fingerprint density at radius 1 is 1.12 bits per heavy atom. The molecule has 1 N–H and O–H groups in total. The van der Waals surface area contributed by atoms with Crippen LogP contribution in [0.3, 0.4) is 0 Å². The van der Waals surface area contributed by atoms with Crippen LogP contribution in [0.2, 0.25) is 0 Å². The second-order valence-electron chi connectivity index (χ2n) is 6.25. The zero-order valence-corrected chi connectivity index (χ0v) is 14.5. The first-order valence-electron chi connectivity index (χ1n) is 8.75. The molecule has 0 amide bonds. The molecular weight excluding hydrogens is 292 g/mol. The molecule has 0 radical (unpaired) electrons. The number of hydrogen-bond acceptors (Lipinski definition) is 2. The Balaban J connectivity index is 1.77. The molecular formula is C22H26N2. The van der Waals surface area contributed by atoms with Gasteiger partial charge in [0.2, 0.25) is 0 Å². The van der Waals surface area contributed by atoms with Crippen molar-refractivity contribution in [2.24, 2.45) is 0 Å². The summed E-state index contributed by atoms with van der Waals surface area (Å²) in [6.45, 7) is 6.62. The highest BCUT2D eigenvalue weighted by molar-refractivity contribution is 5.60. The van der Waals surface area contributed by atoms with Crippen molar-refractivity contribution in [1.29, 1.82) is 0 Å². The van der Waals surface area contributed by atoms with Gasteiger partial charge in [0.15, 0.2) is 0 Å². The van der Waals surface area contributed by atoms with Gasteiger partial charge in [0.25, 0.3) is 0 Å². The summed E-state index contributed by atoms with van der Waals surface area (Å²) >= 11 is 0. The fourth-order valence-electron chi connectivity index (χ4n) is 3.25. The number of likely N-dealkylation sites (N-methyl/N-ethyl adjacent to an activating group) is 1. The van der Waals surface area contributed by atoms with Gasteiger partial charge < -0.3 is 10.2 Å². The van der Waals surface area contributed by atoms with E-state index in [9.17, 15) is 0 Å². The first kappa shape index (κ1) is 16.4. The van der Waals surface area contributed by atoms with Crippen LogP contribution in [0.15, 0.2) is 83.8 Å². The number of rotatable bonds is 5. The lowest BCUT2D eigenvalue weighted by Crippen LogP contribution is -2.19. The van der Waals surface area contributed by atoms with E-state index in [0.717, 1.165) is 17.7 Å². The van der Waals surface area contributed by atoms with E-state index < -0.39 is 0 Å². The monoisotopic (exact) mass is 318 g/mol. The quantitative estimate of drug-likeness (QED) is 0.794. The SMILES string of the molecule is C=C(/C=C/c1ccccc1)C1=CCC=C(N2CCCC2)C=C1NC. The summed E-state index contributed by atoms with van der Waals surface area (Å²) in [6, 6.07) is 10.4. The van der Waals surface area contributed by atoms with E-state index in [1.807, 2.05) is 13.1 Å². The highest BCUT2D eigenvalue weighted by atomic mass is 15.1. The molecule has 1 fully saturated rings. The van der Waals surface area contributed by atoms with Crippen LogP contribution in [-0.4, -0.2) is 25.0 Å². The number of likely N-dealkylation sites (tertiary alicyclic amines) is 1. The standard InChI is InChI=1S/C22H26N2/c1-18(13-14-19-9-4-3-5-10-19)21-12-8-11-20(17-22(21)23-2)24-15-6-7-16-24/h3-5,9-14,17,23H,1,6-8,15-16H2,2H3/b14-13+. The van der Waals surface area contributed by atoms with Crippen LogP contribution in [0.1, 0.15) is 24.8 Å².